The van der Waals surface area contributed by atoms with E-state index in [-0.39, 0.29) is 5.41 Å². The summed E-state index contributed by atoms with van der Waals surface area (Å²) in [6.07, 6.45) is 0.592. The monoisotopic (exact) mass is 280 g/mol. The molecule has 2 aromatic rings. The Hall–Kier alpha value is -1.27. The Kier molecular flexibility index (Phi) is 3.49. The number of aryl methyl sites for hydroxylation is 1. The highest BCUT2D eigenvalue weighted by Crippen LogP contribution is 2.31. The van der Waals surface area contributed by atoms with Crippen LogP contribution in [-0.2, 0) is 11.8 Å². The molecule has 0 amide bonds. The van der Waals surface area contributed by atoms with Gasteiger partial charge in [-0.1, -0.05) is 5.16 Å². The Balaban J connectivity index is 2.20. The van der Waals surface area contributed by atoms with E-state index in [0.717, 1.165) is 10.7 Å². The summed E-state index contributed by atoms with van der Waals surface area (Å²) in [7, 11) is 0. The van der Waals surface area contributed by atoms with E-state index in [1.165, 1.54) is 0 Å². The molecule has 0 spiro atoms. The van der Waals surface area contributed by atoms with Gasteiger partial charge in [0.15, 0.2) is 5.82 Å². The van der Waals surface area contributed by atoms with Gasteiger partial charge in [-0.25, -0.2) is 4.98 Å². The zero-order valence-corrected chi connectivity index (χ0v) is 12.8. The summed E-state index contributed by atoms with van der Waals surface area (Å²) in [5, 5.41) is 7.08. The minimum atomic E-state index is -0.436. The average Bonchev–Trinajstić information content (AvgIpc) is 2.87. The van der Waals surface area contributed by atoms with Crippen molar-refractivity contribution in [2.45, 2.75) is 52.0 Å². The molecule has 0 aliphatic heterocycles. The van der Waals surface area contributed by atoms with E-state index in [1.54, 1.807) is 11.3 Å². The van der Waals surface area contributed by atoms with Crippen molar-refractivity contribution in [2.24, 2.45) is 5.73 Å². The number of hydrogen-bond donors (Lipinski definition) is 1. The zero-order chi connectivity index (χ0) is 14.3. The van der Waals surface area contributed by atoms with Gasteiger partial charge in [0.05, 0.1) is 22.5 Å². The number of thiazole rings is 1. The molecule has 0 unspecified atom stereocenters. The van der Waals surface area contributed by atoms with Gasteiger partial charge in [0.25, 0.3) is 0 Å². The van der Waals surface area contributed by atoms with E-state index in [1.807, 2.05) is 40.0 Å². The van der Waals surface area contributed by atoms with Crippen molar-refractivity contribution < 1.29 is 4.52 Å². The topological polar surface area (TPSA) is 77.8 Å². The summed E-state index contributed by atoms with van der Waals surface area (Å²) in [6.45, 7) is 9.92. The van der Waals surface area contributed by atoms with Gasteiger partial charge in [0.1, 0.15) is 0 Å². The van der Waals surface area contributed by atoms with Crippen LogP contribution in [0.4, 0.5) is 0 Å². The number of nitrogens with zero attached hydrogens (tertiary/aromatic N) is 3. The molecule has 0 saturated heterocycles. The lowest BCUT2D eigenvalue weighted by molar-refractivity contribution is 0.222. The molecular formula is C13H20N4OS. The molecule has 0 aliphatic rings. The van der Waals surface area contributed by atoms with Crippen LogP contribution in [0.1, 0.15) is 50.1 Å². The van der Waals surface area contributed by atoms with Crippen LogP contribution in [0.5, 0.6) is 0 Å². The number of nitrogens with two attached hydrogens (primary N) is 1. The van der Waals surface area contributed by atoms with E-state index < -0.39 is 5.54 Å². The van der Waals surface area contributed by atoms with Crippen LogP contribution < -0.4 is 5.73 Å². The van der Waals surface area contributed by atoms with E-state index in [2.05, 4.69) is 15.1 Å². The highest BCUT2D eigenvalue weighted by Gasteiger charge is 2.40. The van der Waals surface area contributed by atoms with Crippen LogP contribution in [0.3, 0.4) is 0 Å². The summed E-state index contributed by atoms with van der Waals surface area (Å²) in [5.74, 6) is 1.22. The Morgan fingerprint density at radius 1 is 1.26 bits per heavy atom. The van der Waals surface area contributed by atoms with E-state index in [4.69, 9.17) is 10.3 Å². The van der Waals surface area contributed by atoms with Crippen LogP contribution >= 0.6 is 11.3 Å². The smallest absolute Gasteiger partial charge is 0.234 e. The summed E-state index contributed by atoms with van der Waals surface area (Å²) in [6, 6.07) is 0. The lowest BCUT2D eigenvalue weighted by Gasteiger charge is -2.34. The minimum Gasteiger partial charge on any atom is -0.339 e. The van der Waals surface area contributed by atoms with E-state index in [9.17, 15) is 0 Å². The first-order valence-corrected chi connectivity index (χ1v) is 7.11. The lowest BCUT2D eigenvalue weighted by Crippen LogP contribution is -2.50. The third-order valence-corrected chi connectivity index (χ3v) is 4.44. The molecule has 2 N–H and O–H groups in total. The van der Waals surface area contributed by atoms with Gasteiger partial charge < -0.3 is 10.3 Å². The zero-order valence-electron chi connectivity index (χ0n) is 12.0. The molecule has 104 valence electrons. The van der Waals surface area contributed by atoms with Crippen molar-refractivity contribution in [2.75, 3.05) is 0 Å². The quantitative estimate of drug-likeness (QED) is 0.930. The highest BCUT2D eigenvalue weighted by molar-refractivity contribution is 7.09. The maximum atomic E-state index is 6.17. The Bertz CT molecular complexity index is 565. The molecular weight excluding hydrogens is 260 g/mol. The van der Waals surface area contributed by atoms with Crippen molar-refractivity contribution in [1.29, 1.82) is 0 Å². The molecule has 0 fully saturated rings. The fourth-order valence-electron chi connectivity index (χ4n) is 1.51. The van der Waals surface area contributed by atoms with Gasteiger partial charge in [0.2, 0.25) is 5.89 Å². The predicted molar refractivity (Wildman–Crippen MR) is 75.2 cm³/mol. The Labute approximate surface area is 117 Å². The van der Waals surface area contributed by atoms with Gasteiger partial charge in [-0.3, -0.25) is 0 Å². The molecule has 2 rings (SSSR count). The summed E-state index contributed by atoms with van der Waals surface area (Å²) in [4.78, 5) is 8.86. The summed E-state index contributed by atoms with van der Waals surface area (Å²) >= 11 is 1.62. The van der Waals surface area contributed by atoms with Crippen LogP contribution in [0.25, 0.3) is 0 Å². The molecule has 19 heavy (non-hydrogen) atoms. The van der Waals surface area contributed by atoms with E-state index >= 15 is 0 Å². The maximum absolute atomic E-state index is 6.17. The minimum absolute atomic E-state index is 0.379. The van der Waals surface area contributed by atoms with Crippen LogP contribution in [-0.4, -0.2) is 20.7 Å². The van der Waals surface area contributed by atoms with Crippen molar-refractivity contribution in [3.63, 3.8) is 0 Å². The molecule has 2 heterocycles. The van der Waals surface area contributed by atoms with Crippen LogP contribution in [0.2, 0.25) is 0 Å². The van der Waals surface area contributed by atoms with Gasteiger partial charge in [-0.15, -0.1) is 11.3 Å². The van der Waals surface area contributed by atoms with Crippen LogP contribution in [0, 0.1) is 6.92 Å². The number of hydrogen-bond acceptors (Lipinski definition) is 6. The van der Waals surface area contributed by atoms with Gasteiger partial charge in [-0.2, -0.15) is 4.98 Å². The third-order valence-electron chi connectivity index (χ3n) is 3.62. The normalized spacial score (nSPS) is 12.9. The fraction of sp³-hybridized carbons (Fsp3) is 0.615. The molecule has 2 aromatic heterocycles. The molecule has 0 atom stereocenters. The van der Waals surface area contributed by atoms with E-state index in [0.29, 0.717) is 18.1 Å². The van der Waals surface area contributed by atoms with Crippen molar-refractivity contribution >= 4 is 11.3 Å². The molecule has 0 aliphatic carbocycles. The SMILES string of the molecule is Cc1nc(Cc2noc(C(C)(C)C(C)(C)N)n2)cs1. The van der Waals surface area contributed by atoms with Crippen LogP contribution in [0.15, 0.2) is 9.90 Å². The molecule has 0 bridgehead atoms. The highest BCUT2D eigenvalue weighted by atomic mass is 32.1. The first-order chi connectivity index (χ1) is 8.70. The maximum Gasteiger partial charge on any atom is 0.234 e. The molecule has 0 saturated carbocycles. The summed E-state index contributed by atoms with van der Waals surface area (Å²) in [5.41, 5.74) is 6.33. The summed E-state index contributed by atoms with van der Waals surface area (Å²) < 4.78 is 5.37. The molecule has 5 nitrogen and oxygen atoms in total. The standard InChI is InChI=1S/C13H20N4OS/c1-8-15-9(7-19-8)6-10-16-11(18-17-10)12(2,3)13(4,5)14/h7H,6,14H2,1-5H3. The first kappa shape index (κ1) is 14.1. The van der Waals surface area contributed by atoms with Crippen molar-refractivity contribution in [1.82, 2.24) is 15.1 Å². The first-order valence-electron chi connectivity index (χ1n) is 6.23. The Morgan fingerprint density at radius 3 is 2.47 bits per heavy atom. The Morgan fingerprint density at radius 2 is 1.95 bits per heavy atom. The second-order valence-electron chi connectivity index (χ2n) is 5.90. The molecule has 6 heteroatoms. The number of aromatic nitrogens is 3. The molecule has 0 aromatic carbocycles. The lowest BCUT2D eigenvalue weighted by atomic mass is 9.75. The van der Waals surface area contributed by atoms with Gasteiger partial charge >= 0.3 is 0 Å². The van der Waals surface area contributed by atoms with Gasteiger partial charge in [-0.05, 0) is 34.6 Å². The second-order valence-corrected chi connectivity index (χ2v) is 6.96. The second kappa shape index (κ2) is 4.68. The van der Waals surface area contributed by atoms with Gasteiger partial charge in [0, 0.05) is 10.9 Å². The molecule has 0 radical (unpaired) electrons. The third kappa shape index (κ3) is 2.84. The fourth-order valence-corrected chi connectivity index (χ4v) is 2.12. The van der Waals surface area contributed by atoms with Crippen molar-refractivity contribution in [3.8, 4) is 0 Å². The largest absolute Gasteiger partial charge is 0.339 e. The predicted octanol–water partition coefficient (Wildman–Crippen LogP) is 2.44. The average molecular weight is 280 g/mol. The van der Waals surface area contributed by atoms with Crippen molar-refractivity contribution in [3.05, 3.63) is 27.8 Å². The number of rotatable bonds is 4.